The van der Waals surface area contributed by atoms with Gasteiger partial charge in [0.2, 0.25) is 0 Å². The molecule has 1 aliphatic heterocycles. The first-order valence-electron chi connectivity index (χ1n) is 6.51. The van der Waals surface area contributed by atoms with Gasteiger partial charge >= 0.3 is 6.18 Å². The molecule has 114 valence electrons. The Morgan fingerprint density at radius 3 is 2.71 bits per heavy atom. The molecule has 0 unspecified atom stereocenters. The maximum atomic E-state index is 12.7. The molecular weight excluding hydrogens is 283 g/mol. The largest absolute Gasteiger partial charge is 0.416 e. The fraction of sp³-hybridized carbons (Fsp3) is 0.357. The highest BCUT2D eigenvalue weighted by atomic mass is 19.4. The van der Waals surface area contributed by atoms with Gasteiger partial charge in [0.15, 0.2) is 0 Å². The number of carbonyl (C=O) groups excluding carboxylic acids is 1. The zero-order valence-corrected chi connectivity index (χ0v) is 11.3. The maximum Gasteiger partial charge on any atom is 0.416 e. The summed E-state index contributed by atoms with van der Waals surface area (Å²) in [5.41, 5.74) is 5.58. The highest BCUT2D eigenvalue weighted by molar-refractivity contribution is 5.98. The van der Waals surface area contributed by atoms with Crippen LogP contribution in [0.1, 0.15) is 22.3 Å². The van der Waals surface area contributed by atoms with E-state index in [1.54, 1.807) is 0 Å². The van der Waals surface area contributed by atoms with Crippen LogP contribution in [-0.2, 0) is 6.18 Å². The van der Waals surface area contributed by atoms with Gasteiger partial charge in [-0.1, -0.05) is 11.6 Å². The molecule has 4 N–H and O–H groups in total. The lowest BCUT2D eigenvalue weighted by Gasteiger charge is -2.17. The predicted octanol–water partition coefficient (Wildman–Crippen LogP) is 2.14. The van der Waals surface area contributed by atoms with Gasteiger partial charge in [0, 0.05) is 18.8 Å². The Bertz CT molecular complexity index is 567. The zero-order chi connectivity index (χ0) is 15.5. The van der Waals surface area contributed by atoms with E-state index in [1.165, 1.54) is 6.07 Å². The third kappa shape index (κ3) is 3.98. The molecule has 2 rings (SSSR count). The lowest BCUT2D eigenvalue weighted by molar-refractivity contribution is -0.137. The van der Waals surface area contributed by atoms with Crippen LogP contribution < -0.4 is 16.4 Å². The lowest BCUT2D eigenvalue weighted by Crippen LogP contribution is -2.23. The van der Waals surface area contributed by atoms with E-state index in [0.717, 1.165) is 37.2 Å². The van der Waals surface area contributed by atoms with Gasteiger partial charge in [0.1, 0.15) is 0 Å². The SMILES string of the molecule is NC(=O)c1cc(C(F)(F)F)ccc1NCC1=CCNCC1. The molecule has 0 saturated heterocycles. The van der Waals surface area contributed by atoms with Gasteiger partial charge < -0.3 is 16.4 Å². The van der Waals surface area contributed by atoms with E-state index in [2.05, 4.69) is 10.6 Å². The molecule has 0 saturated carbocycles. The monoisotopic (exact) mass is 299 g/mol. The molecule has 0 fully saturated rings. The van der Waals surface area contributed by atoms with Crippen molar-refractivity contribution < 1.29 is 18.0 Å². The van der Waals surface area contributed by atoms with Crippen LogP contribution in [0.2, 0.25) is 0 Å². The minimum atomic E-state index is -4.50. The number of benzene rings is 1. The Morgan fingerprint density at radius 2 is 2.14 bits per heavy atom. The Balaban J connectivity index is 2.18. The Labute approximate surface area is 120 Å². The van der Waals surface area contributed by atoms with E-state index >= 15 is 0 Å². The number of primary amides is 1. The summed E-state index contributed by atoms with van der Waals surface area (Å²) in [6.45, 7) is 2.11. The molecule has 0 bridgehead atoms. The number of nitrogens with two attached hydrogens (primary N) is 1. The van der Waals surface area contributed by atoms with Crippen LogP contribution in [-0.4, -0.2) is 25.5 Å². The molecule has 1 aromatic rings. The van der Waals surface area contributed by atoms with Crippen molar-refractivity contribution in [3.63, 3.8) is 0 Å². The number of amides is 1. The van der Waals surface area contributed by atoms with Crippen LogP contribution >= 0.6 is 0 Å². The minimum absolute atomic E-state index is 0.153. The average molecular weight is 299 g/mol. The van der Waals surface area contributed by atoms with Gasteiger partial charge in [-0.2, -0.15) is 13.2 Å². The van der Waals surface area contributed by atoms with E-state index in [0.29, 0.717) is 12.2 Å². The van der Waals surface area contributed by atoms with Gasteiger partial charge in [-0.05, 0) is 31.2 Å². The van der Waals surface area contributed by atoms with Gasteiger partial charge in [-0.15, -0.1) is 0 Å². The van der Waals surface area contributed by atoms with Crippen molar-refractivity contribution in [1.29, 1.82) is 0 Å². The third-order valence-electron chi connectivity index (χ3n) is 3.28. The molecule has 1 aliphatic rings. The highest BCUT2D eigenvalue weighted by Crippen LogP contribution is 2.31. The number of alkyl halides is 3. The second-order valence-corrected chi connectivity index (χ2v) is 4.79. The maximum absolute atomic E-state index is 12.7. The van der Waals surface area contributed by atoms with Crippen molar-refractivity contribution in [3.8, 4) is 0 Å². The van der Waals surface area contributed by atoms with Gasteiger partial charge in [-0.25, -0.2) is 0 Å². The van der Waals surface area contributed by atoms with E-state index in [9.17, 15) is 18.0 Å². The van der Waals surface area contributed by atoms with Crippen molar-refractivity contribution >= 4 is 11.6 Å². The number of halogens is 3. The normalized spacial score (nSPS) is 15.5. The second-order valence-electron chi connectivity index (χ2n) is 4.79. The first-order valence-corrected chi connectivity index (χ1v) is 6.51. The molecule has 0 aliphatic carbocycles. The number of anilines is 1. The number of hydrogen-bond acceptors (Lipinski definition) is 3. The second kappa shape index (κ2) is 6.17. The van der Waals surface area contributed by atoms with Gasteiger partial charge in [0.25, 0.3) is 5.91 Å². The quantitative estimate of drug-likeness (QED) is 0.746. The average Bonchev–Trinajstić information content (AvgIpc) is 2.45. The number of hydrogen-bond donors (Lipinski definition) is 3. The molecule has 7 heteroatoms. The van der Waals surface area contributed by atoms with E-state index < -0.39 is 17.6 Å². The summed E-state index contributed by atoms with van der Waals surface area (Å²) in [6.07, 6.45) is -1.62. The molecule has 0 radical (unpaired) electrons. The van der Waals surface area contributed by atoms with Crippen LogP contribution in [0.15, 0.2) is 29.8 Å². The summed E-state index contributed by atoms with van der Waals surface area (Å²) in [5, 5.41) is 6.14. The Hall–Kier alpha value is -2.02. The Kier molecular flexibility index (Phi) is 4.52. The Morgan fingerprint density at radius 1 is 1.38 bits per heavy atom. The summed E-state index contributed by atoms with van der Waals surface area (Å²) in [5.74, 6) is -0.886. The van der Waals surface area contributed by atoms with Crippen molar-refractivity contribution in [2.24, 2.45) is 5.73 Å². The van der Waals surface area contributed by atoms with Crippen molar-refractivity contribution in [2.75, 3.05) is 25.0 Å². The fourth-order valence-corrected chi connectivity index (χ4v) is 2.12. The lowest BCUT2D eigenvalue weighted by atomic mass is 10.1. The van der Waals surface area contributed by atoms with E-state index in [4.69, 9.17) is 5.73 Å². The van der Waals surface area contributed by atoms with Crippen LogP contribution in [0, 0.1) is 0 Å². The molecule has 0 atom stereocenters. The van der Waals surface area contributed by atoms with Crippen molar-refractivity contribution in [3.05, 3.63) is 41.0 Å². The fourth-order valence-electron chi connectivity index (χ4n) is 2.12. The standard InChI is InChI=1S/C14H16F3N3O/c15-14(16,17)10-1-2-12(11(7-10)13(18)21)20-8-9-3-5-19-6-4-9/h1-3,7,19-20H,4-6,8H2,(H2,18,21). The van der Waals surface area contributed by atoms with Crippen LogP contribution in [0.3, 0.4) is 0 Å². The van der Waals surface area contributed by atoms with E-state index in [1.807, 2.05) is 6.08 Å². The summed E-state index contributed by atoms with van der Waals surface area (Å²) in [7, 11) is 0. The molecule has 0 aromatic heterocycles. The predicted molar refractivity (Wildman–Crippen MR) is 74.0 cm³/mol. The van der Waals surface area contributed by atoms with Crippen molar-refractivity contribution in [1.82, 2.24) is 5.32 Å². The van der Waals surface area contributed by atoms with Crippen LogP contribution in [0.25, 0.3) is 0 Å². The molecule has 1 heterocycles. The first kappa shape index (κ1) is 15.4. The zero-order valence-electron chi connectivity index (χ0n) is 11.3. The summed E-state index contributed by atoms with van der Waals surface area (Å²) < 4.78 is 38.0. The highest BCUT2D eigenvalue weighted by Gasteiger charge is 2.31. The van der Waals surface area contributed by atoms with Crippen molar-refractivity contribution in [2.45, 2.75) is 12.6 Å². The smallest absolute Gasteiger partial charge is 0.381 e. The number of carbonyl (C=O) groups is 1. The van der Waals surface area contributed by atoms with Gasteiger partial charge in [-0.3, -0.25) is 4.79 Å². The molecule has 1 amide bonds. The number of rotatable bonds is 4. The molecule has 4 nitrogen and oxygen atoms in total. The van der Waals surface area contributed by atoms with Gasteiger partial charge in [0.05, 0.1) is 11.1 Å². The topological polar surface area (TPSA) is 67.2 Å². The minimum Gasteiger partial charge on any atom is -0.381 e. The summed E-state index contributed by atoms with van der Waals surface area (Å²) in [4.78, 5) is 11.3. The molecular formula is C14H16F3N3O. The third-order valence-corrected chi connectivity index (χ3v) is 3.28. The summed E-state index contributed by atoms with van der Waals surface area (Å²) >= 11 is 0. The van der Waals surface area contributed by atoms with Crippen LogP contribution in [0.5, 0.6) is 0 Å². The molecule has 0 spiro atoms. The molecule has 1 aromatic carbocycles. The number of nitrogens with one attached hydrogen (secondary N) is 2. The first-order chi connectivity index (χ1) is 9.88. The van der Waals surface area contributed by atoms with E-state index in [-0.39, 0.29) is 5.56 Å². The summed E-state index contributed by atoms with van der Waals surface area (Å²) in [6, 6.07) is 2.96. The molecule has 21 heavy (non-hydrogen) atoms. The van der Waals surface area contributed by atoms with Crippen LogP contribution in [0.4, 0.5) is 18.9 Å².